The summed E-state index contributed by atoms with van der Waals surface area (Å²) in [6.45, 7) is 4.20. The first-order valence-corrected chi connectivity index (χ1v) is 3.50. The lowest BCUT2D eigenvalue weighted by atomic mass is 10.4. The van der Waals surface area contributed by atoms with Crippen molar-refractivity contribution in [3.8, 4) is 0 Å². The van der Waals surface area contributed by atoms with Gasteiger partial charge in [-0.1, -0.05) is 19.4 Å². The van der Waals surface area contributed by atoms with E-state index in [0.29, 0.717) is 6.61 Å². The minimum Gasteiger partial charge on any atom is -0.396 e. The van der Waals surface area contributed by atoms with Crippen molar-refractivity contribution in [3.05, 3.63) is 12.2 Å². The van der Waals surface area contributed by atoms with Crippen LogP contribution in [0.1, 0.15) is 26.7 Å². The highest BCUT2D eigenvalue weighted by molar-refractivity contribution is 5.64. The number of aldehydes is 1. The summed E-state index contributed by atoms with van der Waals surface area (Å²) in [5, 5.41) is 8.07. The van der Waals surface area contributed by atoms with Crippen LogP contribution in [0.2, 0.25) is 0 Å². The van der Waals surface area contributed by atoms with Gasteiger partial charge in [-0.2, -0.15) is 0 Å². The van der Waals surface area contributed by atoms with E-state index in [0.717, 1.165) is 19.1 Å². The molecule has 0 aromatic rings. The number of allylic oxidation sites excluding steroid dienone is 2. The van der Waals surface area contributed by atoms with Crippen LogP contribution < -0.4 is 0 Å². The number of rotatable bonds is 3. The largest absolute Gasteiger partial charge is 0.396 e. The molecule has 0 bridgehead atoms. The van der Waals surface area contributed by atoms with Gasteiger partial charge < -0.3 is 5.11 Å². The monoisotopic (exact) mass is 144 g/mol. The summed E-state index contributed by atoms with van der Waals surface area (Å²) >= 11 is 0. The van der Waals surface area contributed by atoms with Gasteiger partial charge in [0, 0.05) is 6.61 Å². The molecule has 0 amide bonds. The van der Waals surface area contributed by atoms with Crippen LogP contribution in [0.15, 0.2) is 12.2 Å². The second kappa shape index (κ2) is 15.8. The van der Waals surface area contributed by atoms with Crippen LogP contribution in [-0.4, -0.2) is 18.0 Å². The van der Waals surface area contributed by atoms with E-state index in [9.17, 15) is 4.79 Å². The minimum atomic E-state index is 0.344. The molecule has 60 valence electrons. The molecule has 0 aromatic heterocycles. The van der Waals surface area contributed by atoms with E-state index < -0.39 is 0 Å². The van der Waals surface area contributed by atoms with Crippen molar-refractivity contribution in [2.24, 2.45) is 0 Å². The zero-order valence-electron chi connectivity index (χ0n) is 6.71. The molecule has 0 heterocycles. The first kappa shape index (κ1) is 12.1. The fourth-order valence-electron chi connectivity index (χ4n) is 0.237. The van der Waals surface area contributed by atoms with E-state index in [-0.39, 0.29) is 0 Å². The van der Waals surface area contributed by atoms with Crippen LogP contribution >= 0.6 is 0 Å². The number of hydrogen-bond donors (Lipinski definition) is 1. The molecule has 0 radical (unpaired) electrons. The second-order valence-corrected chi connectivity index (χ2v) is 1.74. The topological polar surface area (TPSA) is 37.3 Å². The zero-order chi connectivity index (χ0) is 8.24. The normalized spacial score (nSPS) is 8.70. The molecule has 0 saturated heterocycles. The van der Waals surface area contributed by atoms with E-state index in [2.05, 4.69) is 6.92 Å². The van der Waals surface area contributed by atoms with Gasteiger partial charge in [-0.15, -0.1) is 0 Å². The molecule has 1 N–H and O–H groups in total. The Morgan fingerprint density at radius 3 is 2.10 bits per heavy atom. The van der Waals surface area contributed by atoms with E-state index in [1.165, 1.54) is 6.08 Å². The van der Waals surface area contributed by atoms with Crippen LogP contribution in [0.3, 0.4) is 0 Å². The summed E-state index contributed by atoms with van der Waals surface area (Å²) in [5.74, 6) is 0. The minimum absolute atomic E-state index is 0.344. The first-order valence-electron chi connectivity index (χ1n) is 3.50. The standard InChI is InChI=1S/C4H10O.C4H6O/c2*1-2-3-4-5/h5H,2-4H2,1H3;2-4H,1H3/b;3-2+. The van der Waals surface area contributed by atoms with Crippen molar-refractivity contribution in [2.75, 3.05) is 6.61 Å². The number of hydrogen-bond acceptors (Lipinski definition) is 2. The quantitative estimate of drug-likeness (QED) is 0.482. The summed E-state index contributed by atoms with van der Waals surface area (Å²) in [6.07, 6.45) is 5.92. The van der Waals surface area contributed by atoms with Crippen LogP contribution in [0.25, 0.3) is 0 Å². The number of carbonyl (C=O) groups excluding carboxylic acids is 1. The molecular weight excluding hydrogens is 128 g/mol. The Morgan fingerprint density at radius 2 is 2.10 bits per heavy atom. The molecule has 0 aliphatic carbocycles. The number of aliphatic hydroxyl groups is 1. The smallest absolute Gasteiger partial charge is 0.142 e. The van der Waals surface area contributed by atoms with Gasteiger partial charge in [-0.3, -0.25) is 4.79 Å². The SMILES string of the molecule is C/C=C/C=O.CCCCO. The molecule has 2 nitrogen and oxygen atoms in total. The molecule has 0 spiro atoms. The summed E-state index contributed by atoms with van der Waals surface area (Å²) in [5.41, 5.74) is 0. The van der Waals surface area contributed by atoms with Crippen LogP contribution in [-0.2, 0) is 4.79 Å². The molecule has 0 unspecified atom stereocenters. The third-order valence-corrected chi connectivity index (χ3v) is 0.783. The van der Waals surface area contributed by atoms with Crippen LogP contribution in [0, 0.1) is 0 Å². The zero-order valence-corrected chi connectivity index (χ0v) is 6.71. The van der Waals surface area contributed by atoms with Gasteiger partial charge in [-0.05, 0) is 19.4 Å². The number of aliphatic hydroxyl groups excluding tert-OH is 1. The van der Waals surface area contributed by atoms with Gasteiger partial charge in [0.15, 0.2) is 0 Å². The second-order valence-electron chi connectivity index (χ2n) is 1.74. The third-order valence-electron chi connectivity index (χ3n) is 0.783. The predicted molar refractivity (Wildman–Crippen MR) is 42.9 cm³/mol. The Morgan fingerprint density at radius 1 is 1.50 bits per heavy atom. The summed E-state index contributed by atoms with van der Waals surface area (Å²) < 4.78 is 0. The maximum atomic E-state index is 9.32. The van der Waals surface area contributed by atoms with Gasteiger partial charge in [0.2, 0.25) is 0 Å². The first-order chi connectivity index (χ1) is 4.83. The molecule has 0 saturated carbocycles. The molecule has 0 rings (SSSR count). The Kier molecular flexibility index (Phi) is 19.1. The van der Waals surface area contributed by atoms with E-state index in [1.807, 2.05) is 0 Å². The van der Waals surface area contributed by atoms with Crippen LogP contribution in [0.4, 0.5) is 0 Å². The Bertz CT molecular complexity index is 75.3. The third kappa shape index (κ3) is 26.3. The van der Waals surface area contributed by atoms with E-state index in [1.54, 1.807) is 13.0 Å². The molecule has 0 atom stereocenters. The maximum Gasteiger partial charge on any atom is 0.142 e. The Balaban J connectivity index is 0. The fourth-order valence-corrected chi connectivity index (χ4v) is 0.237. The highest BCUT2D eigenvalue weighted by Gasteiger charge is 1.69. The fraction of sp³-hybridized carbons (Fsp3) is 0.625. The van der Waals surface area contributed by atoms with E-state index in [4.69, 9.17) is 5.11 Å². The Labute approximate surface area is 62.6 Å². The van der Waals surface area contributed by atoms with Crippen LogP contribution in [0.5, 0.6) is 0 Å². The summed E-state index contributed by atoms with van der Waals surface area (Å²) in [4.78, 5) is 9.32. The molecule has 0 aromatic carbocycles. The molecule has 0 fully saturated rings. The van der Waals surface area contributed by atoms with Gasteiger partial charge in [0.05, 0.1) is 0 Å². The highest BCUT2D eigenvalue weighted by Crippen LogP contribution is 1.78. The van der Waals surface area contributed by atoms with Crippen molar-refractivity contribution in [3.63, 3.8) is 0 Å². The lowest BCUT2D eigenvalue weighted by Crippen LogP contribution is -1.75. The summed E-state index contributed by atoms with van der Waals surface area (Å²) in [7, 11) is 0. The average molecular weight is 144 g/mol. The summed E-state index contributed by atoms with van der Waals surface area (Å²) in [6, 6.07) is 0. The molecule has 10 heavy (non-hydrogen) atoms. The highest BCUT2D eigenvalue weighted by atomic mass is 16.2. The van der Waals surface area contributed by atoms with E-state index >= 15 is 0 Å². The van der Waals surface area contributed by atoms with Crippen molar-refractivity contribution in [2.45, 2.75) is 26.7 Å². The molecule has 2 heteroatoms. The predicted octanol–water partition coefficient (Wildman–Crippen LogP) is 1.54. The molecule has 0 aliphatic rings. The van der Waals surface area contributed by atoms with Gasteiger partial charge >= 0.3 is 0 Å². The average Bonchev–Trinajstić information content (AvgIpc) is 1.93. The lowest BCUT2D eigenvalue weighted by molar-refractivity contribution is -0.104. The maximum absolute atomic E-state index is 9.32. The number of carbonyl (C=O) groups is 1. The lowest BCUT2D eigenvalue weighted by Gasteiger charge is -1.79. The van der Waals surface area contributed by atoms with Gasteiger partial charge in [-0.25, -0.2) is 0 Å². The van der Waals surface area contributed by atoms with Crippen molar-refractivity contribution < 1.29 is 9.90 Å². The molecular formula is C8H16O2. The van der Waals surface area contributed by atoms with Crippen molar-refractivity contribution in [1.29, 1.82) is 0 Å². The van der Waals surface area contributed by atoms with Crippen molar-refractivity contribution in [1.82, 2.24) is 0 Å². The van der Waals surface area contributed by atoms with Gasteiger partial charge in [0.25, 0.3) is 0 Å². The number of unbranched alkanes of at least 4 members (excludes halogenated alkanes) is 1. The van der Waals surface area contributed by atoms with Gasteiger partial charge in [0.1, 0.15) is 6.29 Å². The Hall–Kier alpha value is -0.630. The molecule has 0 aliphatic heterocycles. The van der Waals surface area contributed by atoms with Crippen molar-refractivity contribution >= 4 is 6.29 Å².